The van der Waals surface area contributed by atoms with Gasteiger partial charge in [-0.3, -0.25) is 4.79 Å². The monoisotopic (exact) mass is 376 g/mol. The first-order valence-corrected chi connectivity index (χ1v) is 9.25. The minimum atomic E-state index is -0.250. The Morgan fingerprint density at radius 2 is 2.14 bits per heavy atom. The number of furan rings is 1. The van der Waals surface area contributed by atoms with E-state index in [-0.39, 0.29) is 11.9 Å². The zero-order valence-electron chi connectivity index (χ0n) is 15.8. The van der Waals surface area contributed by atoms with Crippen molar-refractivity contribution in [2.75, 3.05) is 6.54 Å². The zero-order valence-corrected chi connectivity index (χ0v) is 15.8. The standard InChI is InChI=1S/C20H20N6O2/c1-13-10-18(28-14(13)2)20(27)25-9-4-3-8-17(25)19-22-24-26(23-19)16-7-5-6-15(11-16)12-21/h5-7,10-11,17H,3-4,8-9H2,1-2H3. The molecule has 1 aliphatic heterocycles. The zero-order chi connectivity index (χ0) is 19.7. The summed E-state index contributed by atoms with van der Waals surface area (Å²) in [6.45, 7) is 4.40. The Balaban J connectivity index is 1.62. The molecule has 1 aromatic carbocycles. The highest BCUT2D eigenvalue weighted by Crippen LogP contribution is 2.31. The third kappa shape index (κ3) is 3.27. The molecule has 0 radical (unpaired) electrons. The van der Waals surface area contributed by atoms with Crippen molar-refractivity contribution in [3.63, 3.8) is 0 Å². The predicted molar refractivity (Wildman–Crippen MR) is 99.7 cm³/mol. The second kappa shape index (κ2) is 7.27. The lowest BCUT2D eigenvalue weighted by molar-refractivity contribution is 0.0566. The number of tetrazole rings is 1. The van der Waals surface area contributed by atoms with Crippen molar-refractivity contribution in [2.24, 2.45) is 0 Å². The molecule has 1 atom stereocenters. The Morgan fingerprint density at radius 1 is 1.29 bits per heavy atom. The van der Waals surface area contributed by atoms with Gasteiger partial charge in [0.05, 0.1) is 23.4 Å². The maximum absolute atomic E-state index is 13.0. The fraction of sp³-hybridized carbons (Fsp3) is 0.350. The topological polar surface area (TPSA) is 101 Å². The molecule has 1 fully saturated rings. The molecular formula is C20H20N6O2. The van der Waals surface area contributed by atoms with Crippen molar-refractivity contribution in [3.8, 4) is 11.8 Å². The van der Waals surface area contributed by atoms with E-state index in [1.807, 2.05) is 19.9 Å². The van der Waals surface area contributed by atoms with Gasteiger partial charge in [0.25, 0.3) is 5.91 Å². The predicted octanol–water partition coefficient (Wildman–Crippen LogP) is 3.11. The summed E-state index contributed by atoms with van der Waals surface area (Å²) >= 11 is 0. The summed E-state index contributed by atoms with van der Waals surface area (Å²) in [4.78, 5) is 16.2. The number of hydrogen-bond donors (Lipinski definition) is 0. The smallest absolute Gasteiger partial charge is 0.290 e. The van der Waals surface area contributed by atoms with Crippen molar-refractivity contribution in [1.82, 2.24) is 25.1 Å². The minimum Gasteiger partial charge on any atom is -0.456 e. The maximum Gasteiger partial charge on any atom is 0.290 e. The third-order valence-corrected chi connectivity index (χ3v) is 5.07. The van der Waals surface area contributed by atoms with Gasteiger partial charge >= 0.3 is 0 Å². The van der Waals surface area contributed by atoms with Gasteiger partial charge in [-0.25, -0.2) is 0 Å². The highest BCUT2D eigenvalue weighted by atomic mass is 16.4. The maximum atomic E-state index is 13.0. The molecule has 2 aromatic heterocycles. The Bertz CT molecular complexity index is 1040. The van der Waals surface area contributed by atoms with E-state index < -0.39 is 0 Å². The average molecular weight is 376 g/mol. The minimum absolute atomic E-state index is 0.149. The summed E-state index contributed by atoms with van der Waals surface area (Å²) in [7, 11) is 0. The molecule has 28 heavy (non-hydrogen) atoms. The van der Waals surface area contributed by atoms with E-state index in [1.165, 1.54) is 4.80 Å². The Hall–Kier alpha value is -3.47. The molecule has 8 heteroatoms. The first-order chi connectivity index (χ1) is 13.6. The van der Waals surface area contributed by atoms with Gasteiger partial charge in [0, 0.05) is 6.54 Å². The number of amides is 1. The van der Waals surface area contributed by atoms with Crippen molar-refractivity contribution in [2.45, 2.75) is 39.2 Å². The van der Waals surface area contributed by atoms with Gasteiger partial charge in [-0.05, 0) is 68.2 Å². The Labute approximate surface area is 162 Å². The number of nitriles is 1. The van der Waals surface area contributed by atoms with Crippen molar-refractivity contribution >= 4 is 5.91 Å². The van der Waals surface area contributed by atoms with Crippen LogP contribution < -0.4 is 0 Å². The molecule has 4 rings (SSSR count). The molecule has 8 nitrogen and oxygen atoms in total. The summed E-state index contributed by atoms with van der Waals surface area (Å²) in [6, 6.07) is 10.6. The fourth-order valence-corrected chi connectivity index (χ4v) is 3.43. The van der Waals surface area contributed by atoms with Crippen LogP contribution in [0.4, 0.5) is 0 Å². The second-order valence-corrected chi connectivity index (χ2v) is 6.96. The van der Waals surface area contributed by atoms with E-state index >= 15 is 0 Å². The number of carbonyl (C=O) groups excluding carboxylic acids is 1. The van der Waals surface area contributed by atoms with Gasteiger partial charge in [-0.15, -0.1) is 15.0 Å². The lowest BCUT2D eigenvalue weighted by Crippen LogP contribution is -2.39. The summed E-state index contributed by atoms with van der Waals surface area (Å²) in [6.07, 6.45) is 2.69. The first-order valence-electron chi connectivity index (χ1n) is 9.25. The molecule has 1 aliphatic rings. The second-order valence-electron chi connectivity index (χ2n) is 6.96. The lowest BCUT2D eigenvalue weighted by Gasteiger charge is -2.33. The molecular weight excluding hydrogens is 356 g/mol. The van der Waals surface area contributed by atoms with Crippen LogP contribution in [0.2, 0.25) is 0 Å². The van der Waals surface area contributed by atoms with Crippen LogP contribution in [0, 0.1) is 25.2 Å². The van der Waals surface area contributed by atoms with E-state index in [0.29, 0.717) is 29.4 Å². The third-order valence-electron chi connectivity index (χ3n) is 5.07. The normalized spacial score (nSPS) is 16.8. The molecule has 0 aliphatic carbocycles. The van der Waals surface area contributed by atoms with Crippen LogP contribution in [-0.2, 0) is 0 Å². The molecule has 0 N–H and O–H groups in total. The van der Waals surface area contributed by atoms with Crippen molar-refractivity contribution < 1.29 is 9.21 Å². The van der Waals surface area contributed by atoms with Gasteiger partial charge in [-0.2, -0.15) is 5.26 Å². The number of aromatic nitrogens is 4. The molecule has 0 spiro atoms. The molecule has 1 saturated heterocycles. The number of rotatable bonds is 3. The van der Waals surface area contributed by atoms with Gasteiger partial charge in [0.2, 0.25) is 0 Å². The van der Waals surface area contributed by atoms with E-state index in [0.717, 1.165) is 30.6 Å². The molecule has 0 bridgehead atoms. The molecule has 1 unspecified atom stereocenters. The Kier molecular flexibility index (Phi) is 4.65. The first kappa shape index (κ1) is 17.9. The van der Waals surface area contributed by atoms with Crippen molar-refractivity contribution in [1.29, 1.82) is 5.26 Å². The largest absolute Gasteiger partial charge is 0.456 e. The quantitative estimate of drug-likeness (QED) is 0.696. The van der Waals surface area contributed by atoms with E-state index in [9.17, 15) is 4.79 Å². The van der Waals surface area contributed by atoms with Crippen LogP contribution in [0.5, 0.6) is 0 Å². The Morgan fingerprint density at radius 3 is 2.89 bits per heavy atom. The van der Waals surface area contributed by atoms with Crippen molar-refractivity contribution in [3.05, 3.63) is 58.8 Å². The SMILES string of the molecule is Cc1cc(C(=O)N2CCCCC2c2nnn(-c3cccc(C#N)c3)n2)oc1C. The molecule has 3 heterocycles. The van der Waals surface area contributed by atoms with E-state index in [4.69, 9.17) is 9.68 Å². The van der Waals surface area contributed by atoms with E-state index in [1.54, 1.807) is 29.2 Å². The van der Waals surface area contributed by atoms with Gasteiger partial charge in [0.15, 0.2) is 11.6 Å². The van der Waals surface area contributed by atoms with Crippen LogP contribution in [-0.4, -0.2) is 37.6 Å². The van der Waals surface area contributed by atoms with Crippen LogP contribution >= 0.6 is 0 Å². The number of hydrogen-bond acceptors (Lipinski definition) is 6. The number of aryl methyl sites for hydroxylation is 2. The highest BCUT2D eigenvalue weighted by Gasteiger charge is 2.33. The summed E-state index contributed by atoms with van der Waals surface area (Å²) < 4.78 is 5.63. The van der Waals surface area contributed by atoms with Crippen LogP contribution in [0.25, 0.3) is 5.69 Å². The molecule has 3 aromatic rings. The number of carbonyl (C=O) groups is 1. The van der Waals surface area contributed by atoms with E-state index in [2.05, 4.69) is 21.5 Å². The number of piperidine rings is 1. The molecule has 142 valence electrons. The van der Waals surface area contributed by atoms with Crippen LogP contribution in [0.15, 0.2) is 34.7 Å². The molecule has 1 amide bonds. The number of nitrogens with zero attached hydrogens (tertiary/aromatic N) is 6. The summed E-state index contributed by atoms with van der Waals surface area (Å²) in [5, 5.41) is 21.9. The molecule has 0 saturated carbocycles. The highest BCUT2D eigenvalue weighted by molar-refractivity contribution is 5.92. The van der Waals surface area contributed by atoms with Gasteiger partial charge < -0.3 is 9.32 Å². The van der Waals surface area contributed by atoms with Crippen LogP contribution in [0.1, 0.15) is 58.6 Å². The summed E-state index contributed by atoms with van der Waals surface area (Å²) in [5.74, 6) is 1.44. The van der Waals surface area contributed by atoms with Gasteiger partial charge in [-0.1, -0.05) is 6.07 Å². The average Bonchev–Trinajstić information content (AvgIpc) is 3.35. The number of likely N-dealkylation sites (tertiary alicyclic amines) is 1. The number of benzene rings is 1. The van der Waals surface area contributed by atoms with Gasteiger partial charge in [0.1, 0.15) is 5.76 Å². The van der Waals surface area contributed by atoms with Crippen LogP contribution in [0.3, 0.4) is 0 Å². The lowest BCUT2D eigenvalue weighted by atomic mass is 10.0. The summed E-state index contributed by atoms with van der Waals surface area (Å²) in [5.41, 5.74) is 2.14. The fourth-order valence-electron chi connectivity index (χ4n) is 3.43.